The van der Waals surface area contributed by atoms with Crippen LogP contribution in [-0.2, 0) is 16.6 Å². The van der Waals surface area contributed by atoms with Crippen molar-refractivity contribution in [2.45, 2.75) is 63.4 Å². The molecule has 0 aliphatic heterocycles. The fourth-order valence-electron chi connectivity index (χ4n) is 1.88. The molecule has 116 valence electrons. The van der Waals surface area contributed by atoms with Crippen LogP contribution in [0.25, 0.3) is 0 Å². The molecule has 1 aromatic heterocycles. The number of nitrogens with one attached hydrogen (secondary N) is 1. The van der Waals surface area contributed by atoms with Gasteiger partial charge in [-0.15, -0.1) is 11.3 Å². The van der Waals surface area contributed by atoms with Gasteiger partial charge in [0, 0.05) is 25.7 Å². The van der Waals surface area contributed by atoms with Crippen LogP contribution in [0.1, 0.15) is 46.1 Å². The van der Waals surface area contributed by atoms with Gasteiger partial charge < -0.3 is 5.32 Å². The van der Waals surface area contributed by atoms with Crippen molar-refractivity contribution in [1.82, 2.24) is 9.62 Å². The number of rotatable bonds is 8. The van der Waals surface area contributed by atoms with Crippen LogP contribution in [0.5, 0.6) is 0 Å². The molecule has 1 atom stereocenters. The lowest BCUT2D eigenvalue weighted by molar-refractivity contribution is 0.369. The lowest BCUT2D eigenvalue weighted by Gasteiger charge is -2.23. The Hall–Kier alpha value is -0.430. The van der Waals surface area contributed by atoms with E-state index >= 15 is 0 Å². The minimum Gasteiger partial charge on any atom is -0.310 e. The van der Waals surface area contributed by atoms with Crippen LogP contribution in [0.2, 0.25) is 0 Å². The lowest BCUT2D eigenvalue weighted by Crippen LogP contribution is -2.34. The fraction of sp³-hybridized carbons (Fsp3) is 0.714. The molecule has 0 bridgehead atoms. The zero-order chi connectivity index (χ0) is 15.3. The molecule has 6 heteroatoms. The number of hydrogen-bond donors (Lipinski definition) is 1. The third-order valence-electron chi connectivity index (χ3n) is 3.30. The average molecular weight is 319 g/mol. The summed E-state index contributed by atoms with van der Waals surface area (Å²) in [6.07, 6.45) is 1.86. The molecule has 0 amide bonds. The van der Waals surface area contributed by atoms with Crippen molar-refractivity contribution in [1.29, 1.82) is 0 Å². The Labute approximate surface area is 127 Å². The molecule has 0 aromatic carbocycles. The normalized spacial score (nSPS) is 14.2. The Kier molecular flexibility index (Phi) is 6.64. The second-order valence-corrected chi connectivity index (χ2v) is 8.60. The second kappa shape index (κ2) is 7.54. The molecule has 1 unspecified atom stereocenters. The fourth-order valence-corrected chi connectivity index (χ4v) is 4.67. The van der Waals surface area contributed by atoms with Gasteiger partial charge in [-0.2, -0.15) is 4.31 Å². The van der Waals surface area contributed by atoms with Crippen LogP contribution >= 0.6 is 11.3 Å². The average Bonchev–Trinajstić information content (AvgIpc) is 2.85. The molecule has 0 aliphatic rings. The molecule has 4 nitrogen and oxygen atoms in total. The molecule has 1 heterocycles. The highest BCUT2D eigenvalue weighted by molar-refractivity contribution is 7.91. The van der Waals surface area contributed by atoms with Crippen molar-refractivity contribution < 1.29 is 8.42 Å². The Balaban J connectivity index is 2.82. The Morgan fingerprint density at radius 1 is 1.35 bits per heavy atom. The number of sulfonamides is 1. The molecular weight excluding hydrogens is 292 g/mol. The molecule has 0 fully saturated rings. The third-order valence-corrected chi connectivity index (χ3v) is 6.74. The van der Waals surface area contributed by atoms with Crippen molar-refractivity contribution >= 4 is 21.4 Å². The molecular formula is C14H26N2O2S2. The van der Waals surface area contributed by atoms with Gasteiger partial charge >= 0.3 is 0 Å². The Bertz CT molecular complexity index is 509. The maximum Gasteiger partial charge on any atom is 0.252 e. The van der Waals surface area contributed by atoms with Gasteiger partial charge in [0.15, 0.2) is 0 Å². The first-order valence-electron chi connectivity index (χ1n) is 7.07. The molecule has 1 aromatic rings. The van der Waals surface area contributed by atoms with E-state index < -0.39 is 10.0 Å². The van der Waals surface area contributed by atoms with E-state index in [0.29, 0.717) is 16.8 Å². The van der Waals surface area contributed by atoms with Crippen LogP contribution in [0.15, 0.2) is 15.7 Å². The number of thiophene rings is 1. The van der Waals surface area contributed by atoms with Crippen LogP contribution in [0, 0.1) is 0 Å². The highest BCUT2D eigenvalue weighted by atomic mass is 32.2. The zero-order valence-corrected chi connectivity index (χ0v) is 14.6. The van der Waals surface area contributed by atoms with Gasteiger partial charge in [0.2, 0.25) is 0 Å². The second-order valence-electron chi connectivity index (χ2n) is 5.47. The Morgan fingerprint density at radius 2 is 2.00 bits per heavy atom. The van der Waals surface area contributed by atoms with Crippen LogP contribution in [0.4, 0.5) is 0 Å². The number of hydrogen-bond acceptors (Lipinski definition) is 4. The topological polar surface area (TPSA) is 49.4 Å². The lowest BCUT2D eigenvalue weighted by atomic mass is 10.2. The summed E-state index contributed by atoms with van der Waals surface area (Å²) in [5.74, 6) is 0. The smallest absolute Gasteiger partial charge is 0.252 e. The molecule has 0 saturated heterocycles. The van der Waals surface area contributed by atoms with Gasteiger partial charge in [-0.05, 0) is 30.4 Å². The largest absolute Gasteiger partial charge is 0.310 e. The van der Waals surface area contributed by atoms with Gasteiger partial charge in [0.05, 0.1) is 0 Å². The van der Waals surface area contributed by atoms with E-state index in [1.165, 1.54) is 15.6 Å². The SMILES string of the molecule is CCCC(C)N(C)S(=O)(=O)c1cc(CNC(C)C)cs1. The van der Waals surface area contributed by atoms with Gasteiger partial charge in [-0.1, -0.05) is 27.2 Å². The van der Waals surface area contributed by atoms with Gasteiger partial charge in [-0.3, -0.25) is 0 Å². The first-order valence-corrected chi connectivity index (χ1v) is 9.39. The van der Waals surface area contributed by atoms with Crippen molar-refractivity contribution in [2.75, 3.05) is 7.05 Å². The highest BCUT2D eigenvalue weighted by Gasteiger charge is 2.26. The zero-order valence-electron chi connectivity index (χ0n) is 13.0. The van der Waals surface area contributed by atoms with Crippen molar-refractivity contribution in [3.8, 4) is 0 Å². The Morgan fingerprint density at radius 3 is 2.55 bits per heavy atom. The molecule has 1 rings (SSSR count). The van der Waals surface area contributed by atoms with E-state index in [1.54, 1.807) is 13.1 Å². The minimum atomic E-state index is -3.35. The molecule has 0 radical (unpaired) electrons. The third kappa shape index (κ3) is 4.55. The van der Waals surface area contributed by atoms with Crippen molar-refractivity contribution in [3.63, 3.8) is 0 Å². The summed E-state index contributed by atoms with van der Waals surface area (Å²) in [6.45, 7) is 8.88. The maximum atomic E-state index is 12.5. The number of nitrogens with zero attached hydrogens (tertiary/aromatic N) is 1. The van der Waals surface area contributed by atoms with E-state index in [1.807, 2.05) is 12.3 Å². The van der Waals surface area contributed by atoms with Gasteiger partial charge in [0.25, 0.3) is 10.0 Å². The summed E-state index contributed by atoms with van der Waals surface area (Å²) in [5, 5.41) is 5.21. The van der Waals surface area contributed by atoms with Crippen molar-refractivity contribution in [2.24, 2.45) is 0 Å². The molecule has 0 spiro atoms. The highest BCUT2D eigenvalue weighted by Crippen LogP contribution is 2.25. The van der Waals surface area contributed by atoms with E-state index in [2.05, 4.69) is 26.1 Å². The van der Waals surface area contributed by atoms with Crippen molar-refractivity contribution in [3.05, 3.63) is 17.0 Å². The predicted octanol–water partition coefficient (Wildman–Crippen LogP) is 3.06. The van der Waals surface area contributed by atoms with E-state index in [-0.39, 0.29) is 6.04 Å². The van der Waals surface area contributed by atoms with Crippen LogP contribution in [-0.4, -0.2) is 31.9 Å². The van der Waals surface area contributed by atoms with E-state index in [0.717, 1.165) is 18.4 Å². The minimum absolute atomic E-state index is 0.0318. The summed E-state index contributed by atoms with van der Waals surface area (Å²) in [4.78, 5) is 0. The summed E-state index contributed by atoms with van der Waals surface area (Å²) in [7, 11) is -1.69. The first kappa shape index (κ1) is 17.6. The van der Waals surface area contributed by atoms with E-state index in [9.17, 15) is 8.42 Å². The predicted molar refractivity (Wildman–Crippen MR) is 85.6 cm³/mol. The summed E-state index contributed by atoms with van der Waals surface area (Å²) < 4.78 is 27.0. The summed E-state index contributed by atoms with van der Waals surface area (Å²) >= 11 is 1.30. The monoisotopic (exact) mass is 318 g/mol. The molecule has 0 aliphatic carbocycles. The quantitative estimate of drug-likeness (QED) is 0.801. The van der Waals surface area contributed by atoms with E-state index in [4.69, 9.17) is 0 Å². The maximum absolute atomic E-state index is 12.5. The van der Waals surface area contributed by atoms with Crippen LogP contribution in [0.3, 0.4) is 0 Å². The standard InChI is InChI=1S/C14H26N2O2S2/c1-6-7-12(4)16(5)20(17,18)14-8-13(10-19-14)9-15-11(2)3/h8,10-12,15H,6-7,9H2,1-5H3. The van der Waals surface area contributed by atoms with Gasteiger partial charge in [0.1, 0.15) is 4.21 Å². The first-order chi connectivity index (χ1) is 9.28. The molecule has 0 saturated carbocycles. The van der Waals surface area contributed by atoms with Crippen LogP contribution < -0.4 is 5.32 Å². The van der Waals surface area contributed by atoms with Gasteiger partial charge in [-0.25, -0.2) is 8.42 Å². The summed E-state index contributed by atoms with van der Waals surface area (Å²) in [6, 6.07) is 2.21. The molecule has 1 N–H and O–H groups in total. The molecule has 20 heavy (non-hydrogen) atoms. The summed E-state index contributed by atoms with van der Waals surface area (Å²) in [5.41, 5.74) is 1.03.